The van der Waals surface area contributed by atoms with Gasteiger partial charge < -0.3 is 9.73 Å². The summed E-state index contributed by atoms with van der Waals surface area (Å²) in [5.41, 5.74) is 13.2. The first-order valence-electron chi connectivity index (χ1n) is 17.8. The van der Waals surface area contributed by atoms with Gasteiger partial charge >= 0.3 is 0 Å². The maximum absolute atomic E-state index is 6.26. The van der Waals surface area contributed by atoms with Crippen molar-refractivity contribution in [1.82, 2.24) is 0 Å². The van der Waals surface area contributed by atoms with Crippen LogP contribution in [-0.2, 0) is 0 Å². The molecule has 0 atom stereocenters. The molecule has 9 aromatic carbocycles. The van der Waals surface area contributed by atoms with E-state index in [0.29, 0.717) is 0 Å². The number of furan rings is 1. The molecule has 0 saturated heterocycles. The van der Waals surface area contributed by atoms with Gasteiger partial charge in [-0.05, 0) is 103 Å². The van der Waals surface area contributed by atoms with Gasteiger partial charge in [-0.3, -0.25) is 0 Å². The zero-order valence-corrected chi connectivity index (χ0v) is 28.4. The van der Waals surface area contributed by atoms with E-state index in [-0.39, 0.29) is 0 Å². The molecule has 2 nitrogen and oxygen atoms in total. The Balaban J connectivity index is 1.21. The lowest BCUT2D eigenvalue weighted by molar-refractivity contribution is 0.669. The Morgan fingerprint density at radius 1 is 0.308 bits per heavy atom. The molecule has 10 aromatic rings. The van der Waals surface area contributed by atoms with Crippen LogP contribution in [0.2, 0.25) is 0 Å². The van der Waals surface area contributed by atoms with E-state index in [4.69, 9.17) is 4.42 Å². The molecule has 1 heterocycles. The van der Waals surface area contributed by atoms with E-state index in [1.807, 2.05) is 12.1 Å². The minimum absolute atomic E-state index is 0.890. The summed E-state index contributed by atoms with van der Waals surface area (Å²) in [6, 6.07) is 69.5. The maximum Gasteiger partial charge on any atom is 0.135 e. The molecule has 0 aliphatic rings. The molecule has 52 heavy (non-hydrogen) atoms. The Morgan fingerprint density at radius 2 is 0.904 bits per heavy atom. The summed E-state index contributed by atoms with van der Waals surface area (Å²) in [5, 5.41) is 11.1. The molecular formula is C50H33NO. The highest BCUT2D eigenvalue weighted by molar-refractivity contribution is 6.08. The van der Waals surface area contributed by atoms with Gasteiger partial charge in [0.05, 0.1) is 0 Å². The number of benzene rings is 9. The molecule has 0 amide bonds. The van der Waals surface area contributed by atoms with Crippen molar-refractivity contribution in [1.29, 1.82) is 0 Å². The summed E-state index contributed by atoms with van der Waals surface area (Å²) < 4.78 is 6.26. The van der Waals surface area contributed by atoms with Gasteiger partial charge in [-0.1, -0.05) is 152 Å². The molecule has 1 N–H and O–H groups in total. The number of nitrogens with one attached hydrogen (secondary N) is 1. The summed E-state index contributed by atoms with van der Waals surface area (Å²) in [6.45, 7) is 0. The number of fused-ring (bicyclic) bond motifs is 5. The predicted octanol–water partition coefficient (Wildman–Crippen LogP) is 14.3. The van der Waals surface area contributed by atoms with E-state index in [9.17, 15) is 0 Å². The van der Waals surface area contributed by atoms with E-state index in [0.717, 1.165) is 55.6 Å². The fraction of sp³-hybridized carbons (Fsp3) is 0. The van der Waals surface area contributed by atoms with Crippen molar-refractivity contribution in [2.45, 2.75) is 0 Å². The van der Waals surface area contributed by atoms with Crippen molar-refractivity contribution in [2.24, 2.45) is 0 Å². The molecule has 1 aromatic heterocycles. The summed E-state index contributed by atoms with van der Waals surface area (Å²) >= 11 is 0. The van der Waals surface area contributed by atoms with Gasteiger partial charge in [0.2, 0.25) is 0 Å². The normalized spacial score (nSPS) is 11.5. The van der Waals surface area contributed by atoms with Gasteiger partial charge in [-0.15, -0.1) is 0 Å². The Kier molecular flexibility index (Phi) is 7.18. The number of anilines is 2. The summed E-state index contributed by atoms with van der Waals surface area (Å²) in [5.74, 6) is 0. The first-order valence-corrected chi connectivity index (χ1v) is 17.8. The van der Waals surface area contributed by atoms with Gasteiger partial charge in [-0.25, -0.2) is 0 Å². The van der Waals surface area contributed by atoms with E-state index in [2.05, 4.69) is 187 Å². The van der Waals surface area contributed by atoms with Crippen LogP contribution in [0.5, 0.6) is 0 Å². The van der Waals surface area contributed by atoms with Gasteiger partial charge in [0.1, 0.15) is 11.2 Å². The van der Waals surface area contributed by atoms with Crippen LogP contribution in [0, 0.1) is 0 Å². The van der Waals surface area contributed by atoms with E-state index in [1.165, 1.54) is 43.8 Å². The van der Waals surface area contributed by atoms with Crippen LogP contribution >= 0.6 is 0 Å². The molecule has 0 radical (unpaired) electrons. The highest BCUT2D eigenvalue weighted by Gasteiger charge is 2.18. The lowest BCUT2D eigenvalue weighted by Crippen LogP contribution is -1.97. The van der Waals surface area contributed by atoms with E-state index < -0.39 is 0 Å². The molecule has 0 unspecified atom stereocenters. The third-order valence-electron chi connectivity index (χ3n) is 10.3. The molecular weight excluding hydrogens is 631 g/mol. The van der Waals surface area contributed by atoms with Gasteiger partial charge in [-0.2, -0.15) is 0 Å². The van der Waals surface area contributed by atoms with Crippen LogP contribution in [0.1, 0.15) is 0 Å². The number of hydrogen-bond donors (Lipinski definition) is 1. The predicted molar refractivity (Wildman–Crippen MR) is 220 cm³/mol. The lowest BCUT2D eigenvalue weighted by atomic mass is 9.87. The molecule has 10 rings (SSSR count). The van der Waals surface area contributed by atoms with E-state index in [1.54, 1.807) is 0 Å². The van der Waals surface area contributed by atoms with E-state index >= 15 is 0 Å². The average Bonchev–Trinajstić information content (AvgIpc) is 3.59. The fourth-order valence-electron chi connectivity index (χ4n) is 7.77. The zero-order valence-electron chi connectivity index (χ0n) is 28.4. The summed E-state index contributed by atoms with van der Waals surface area (Å²) in [7, 11) is 0. The molecule has 0 spiro atoms. The number of hydrogen-bond acceptors (Lipinski definition) is 2. The van der Waals surface area contributed by atoms with Crippen LogP contribution in [0.25, 0.3) is 88.0 Å². The van der Waals surface area contributed by atoms with Crippen molar-refractivity contribution in [3.63, 3.8) is 0 Å². The van der Waals surface area contributed by atoms with Crippen molar-refractivity contribution in [3.8, 4) is 44.5 Å². The second-order valence-corrected chi connectivity index (χ2v) is 13.4. The Morgan fingerprint density at radius 3 is 1.71 bits per heavy atom. The van der Waals surface area contributed by atoms with Gasteiger partial charge in [0.15, 0.2) is 0 Å². The maximum atomic E-state index is 6.26. The second kappa shape index (κ2) is 12.5. The second-order valence-electron chi connectivity index (χ2n) is 13.4. The van der Waals surface area contributed by atoms with Crippen molar-refractivity contribution >= 4 is 54.9 Å². The van der Waals surface area contributed by atoms with Crippen molar-refractivity contribution in [2.75, 3.05) is 5.32 Å². The zero-order chi connectivity index (χ0) is 34.4. The van der Waals surface area contributed by atoms with Crippen molar-refractivity contribution < 1.29 is 4.42 Å². The highest BCUT2D eigenvalue weighted by atomic mass is 16.3. The first kappa shape index (κ1) is 30.0. The third-order valence-corrected chi connectivity index (χ3v) is 10.3. The van der Waals surface area contributed by atoms with Gasteiger partial charge in [0.25, 0.3) is 0 Å². The smallest absolute Gasteiger partial charge is 0.135 e. The minimum atomic E-state index is 0.890. The molecule has 0 aliphatic carbocycles. The van der Waals surface area contributed by atoms with Crippen LogP contribution < -0.4 is 5.32 Å². The summed E-state index contributed by atoms with van der Waals surface area (Å²) in [6.07, 6.45) is 0. The van der Waals surface area contributed by atoms with Crippen LogP contribution in [0.3, 0.4) is 0 Å². The summed E-state index contributed by atoms with van der Waals surface area (Å²) in [4.78, 5) is 0. The molecule has 0 bridgehead atoms. The largest absolute Gasteiger partial charge is 0.456 e. The van der Waals surface area contributed by atoms with Crippen LogP contribution in [0.4, 0.5) is 11.4 Å². The quantitative estimate of drug-likeness (QED) is 0.192. The van der Waals surface area contributed by atoms with Gasteiger partial charge in [0, 0.05) is 27.7 Å². The Bertz CT molecular complexity index is 2930. The molecule has 0 aliphatic heterocycles. The van der Waals surface area contributed by atoms with Crippen LogP contribution in [0.15, 0.2) is 199 Å². The molecule has 0 saturated carbocycles. The van der Waals surface area contributed by atoms with Crippen molar-refractivity contribution in [3.05, 3.63) is 194 Å². The fourth-order valence-corrected chi connectivity index (χ4v) is 7.77. The minimum Gasteiger partial charge on any atom is -0.456 e. The number of rotatable bonds is 6. The number of para-hydroxylation sites is 1. The third kappa shape index (κ3) is 5.21. The standard InChI is InChI=1S/C50H33NO/c1-2-13-35(14-3-1)45-31-46(42-25-12-18-34-16-5-7-22-40(34)42)44(37-27-28-50-47(30-37)43-23-8-9-26-49(43)52-50)32-48(45)51-38-20-10-19-36(29-38)41-24-11-17-33-15-4-6-21-39(33)41/h1-32,51H. The first-order chi connectivity index (χ1) is 25.8. The lowest BCUT2D eigenvalue weighted by Gasteiger charge is -2.20. The monoisotopic (exact) mass is 663 g/mol. The topological polar surface area (TPSA) is 25.2 Å². The SMILES string of the molecule is c1ccc(-c2cc(-c3cccc4ccccc34)c(-c3ccc4oc5ccccc5c4c3)cc2Nc2cccc(-c3cccc4ccccc34)c2)cc1. The Labute approximate surface area is 302 Å². The Hall–Kier alpha value is -6.90. The van der Waals surface area contributed by atoms with Crippen LogP contribution in [-0.4, -0.2) is 0 Å². The highest BCUT2D eigenvalue weighted by Crippen LogP contribution is 2.45. The molecule has 244 valence electrons. The molecule has 2 heteroatoms. The average molecular weight is 664 g/mol. The molecule has 0 fully saturated rings.